The average Bonchev–Trinajstić information content (AvgIpc) is 2.90. The van der Waals surface area contributed by atoms with Crippen LogP contribution in [0.1, 0.15) is 104 Å². The van der Waals surface area contributed by atoms with Gasteiger partial charge in [-0.15, -0.1) is 0 Å². The Hall–Kier alpha value is -2.28. The summed E-state index contributed by atoms with van der Waals surface area (Å²) in [5, 5.41) is 0.834. The number of carbonyl (C=O) groups excluding carboxylic acids is 1. The molecule has 0 N–H and O–H groups in total. The minimum Gasteiger partial charge on any atom is -0.490 e. The highest BCUT2D eigenvalue weighted by atomic mass is 19.4. The first kappa shape index (κ1) is 30.7. The molecule has 1 saturated carbocycles. The molecule has 2 unspecified atom stereocenters. The molecule has 2 heterocycles. The Morgan fingerprint density at radius 2 is 1.62 bits per heavy atom. The van der Waals surface area contributed by atoms with Crippen LogP contribution >= 0.6 is 0 Å². The topological polar surface area (TPSA) is 38.8 Å². The number of nitrogens with zero attached hydrogens (tertiary/aromatic N) is 1. The molecular formula is C33H46F3NO3. The summed E-state index contributed by atoms with van der Waals surface area (Å²) in [5.74, 6) is 0.267. The van der Waals surface area contributed by atoms with E-state index in [0.717, 1.165) is 44.9 Å². The first-order valence-corrected chi connectivity index (χ1v) is 15.3. The summed E-state index contributed by atoms with van der Waals surface area (Å²) in [4.78, 5) is 15.0. The third-order valence-electron chi connectivity index (χ3n) is 8.80. The van der Waals surface area contributed by atoms with Crippen LogP contribution in [0.15, 0.2) is 30.3 Å². The number of ether oxygens (including phenoxy) is 2. The quantitative estimate of drug-likeness (QED) is 0.330. The molecule has 5 rings (SSSR count). The van der Waals surface area contributed by atoms with Gasteiger partial charge in [0.25, 0.3) is 0 Å². The largest absolute Gasteiger partial charge is 0.490 e. The zero-order valence-corrected chi connectivity index (χ0v) is 24.7. The van der Waals surface area contributed by atoms with E-state index in [1.54, 1.807) is 12.1 Å². The number of halogens is 3. The van der Waals surface area contributed by atoms with Gasteiger partial charge in [0.05, 0.1) is 18.1 Å². The molecule has 3 aliphatic rings. The maximum atomic E-state index is 14.7. The number of fused-ring (bicyclic) bond motifs is 3. The van der Waals surface area contributed by atoms with Crippen molar-refractivity contribution in [3.63, 3.8) is 0 Å². The molecule has 0 amide bonds. The summed E-state index contributed by atoms with van der Waals surface area (Å²) in [6.07, 6.45) is 3.07. The summed E-state index contributed by atoms with van der Waals surface area (Å²) in [7, 11) is 0. The van der Waals surface area contributed by atoms with Crippen LogP contribution in [0.5, 0.6) is 5.75 Å². The standard InChI is InChI=1S/C31H40F3NO3.C2H6/c1-19(2)37-30(36)23-16-24-8-5-9-25(17-23)35(24)18-22-7-4-6-21-12-15-27(29(28(21)22)31(32,33)34)38-26-13-10-20(3)11-14-26;1-2/h4,6-7,12,15,19-20,23-26H,5,8-11,13-14,16-18H2,1-3H3;1-2H3. The number of alkyl halides is 3. The van der Waals surface area contributed by atoms with E-state index < -0.39 is 11.7 Å². The summed E-state index contributed by atoms with van der Waals surface area (Å²) >= 11 is 0. The van der Waals surface area contributed by atoms with Gasteiger partial charge in [-0.25, -0.2) is 0 Å². The monoisotopic (exact) mass is 561 g/mol. The van der Waals surface area contributed by atoms with Gasteiger partial charge >= 0.3 is 12.1 Å². The first-order chi connectivity index (χ1) is 19.1. The van der Waals surface area contributed by atoms with Crippen molar-refractivity contribution in [2.45, 2.75) is 129 Å². The summed E-state index contributed by atoms with van der Waals surface area (Å²) in [6.45, 7) is 10.3. The zero-order valence-electron chi connectivity index (χ0n) is 24.7. The maximum absolute atomic E-state index is 14.7. The predicted octanol–water partition coefficient (Wildman–Crippen LogP) is 8.93. The highest BCUT2D eigenvalue weighted by molar-refractivity contribution is 5.91. The van der Waals surface area contributed by atoms with Gasteiger partial charge in [0.1, 0.15) is 11.3 Å². The van der Waals surface area contributed by atoms with E-state index in [1.807, 2.05) is 39.8 Å². The van der Waals surface area contributed by atoms with Gasteiger partial charge in [0, 0.05) is 24.0 Å². The average molecular weight is 562 g/mol. The van der Waals surface area contributed by atoms with Gasteiger partial charge in [-0.1, -0.05) is 51.5 Å². The van der Waals surface area contributed by atoms with E-state index in [1.165, 1.54) is 6.07 Å². The molecule has 1 aliphatic carbocycles. The molecule has 40 heavy (non-hydrogen) atoms. The fraction of sp³-hybridized carbons (Fsp3) is 0.667. The van der Waals surface area contributed by atoms with Gasteiger partial charge < -0.3 is 9.47 Å². The Kier molecular flexibility index (Phi) is 10.1. The van der Waals surface area contributed by atoms with E-state index in [4.69, 9.17) is 9.47 Å². The minimum absolute atomic E-state index is 0.0488. The van der Waals surface area contributed by atoms with Gasteiger partial charge in [-0.2, -0.15) is 13.2 Å². The Labute approximate surface area is 237 Å². The Bertz CT molecular complexity index is 1130. The Balaban J connectivity index is 0.00000181. The Morgan fingerprint density at radius 1 is 0.975 bits per heavy atom. The van der Waals surface area contributed by atoms with E-state index in [0.29, 0.717) is 36.3 Å². The van der Waals surface area contributed by atoms with Crippen molar-refractivity contribution < 1.29 is 27.4 Å². The third kappa shape index (κ3) is 6.95. The molecule has 0 radical (unpaired) electrons. The molecule has 0 spiro atoms. The lowest BCUT2D eigenvalue weighted by molar-refractivity contribution is -0.157. The summed E-state index contributed by atoms with van der Waals surface area (Å²) in [5.41, 5.74) is 0.0300. The van der Waals surface area contributed by atoms with Crippen LogP contribution < -0.4 is 4.74 Å². The third-order valence-corrected chi connectivity index (χ3v) is 8.80. The van der Waals surface area contributed by atoms with Crippen molar-refractivity contribution in [3.8, 4) is 5.75 Å². The normalized spacial score (nSPS) is 27.2. The number of benzene rings is 2. The van der Waals surface area contributed by atoms with Gasteiger partial charge in [0.15, 0.2) is 0 Å². The molecule has 2 bridgehead atoms. The van der Waals surface area contributed by atoms with Gasteiger partial charge in [0.2, 0.25) is 0 Å². The number of carbonyl (C=O) groups is 1. The molecule has 2 aromatic rings. The lowest BCUT2D eigenvalue weighted by Crippen LogP contribution is -2.53. The molecule has 7 heteroatoms. The molecular weight excluding hydrogens is 515 g/mol. The van der Waals surface area contributed by atoms with Crippen molar-refractivity contribution in [2.75, 3.05) is 0 Å². The summed E-state index contributed by atoms with van der Waals surface area (Å²) < 4.78 is 55.6. The van der Waals surface area contributed by atoms with Crippen LogP contribution in [-0.4, -0.2) is 35.2 Å². The Morgan fingerprint density at radius 3 is 2.23 bits per heavy atom. The molecule has 2 saturated heterocycles. The molecule has 0 aromatic heterocycles. The van der Waals surface area contributed by atoms with Gasteiger partial charge in [-0.3, -0.25) is 9.69 Å². The van der Waals surface area contributed by atoms with Crippen molar-refractivity contribution in [2.24, 2.45) is 11.8 Å². The molecule has 3 fully saturated rings. The number of rotatable bonds is 6. The van der Waals surface area contributed by atoms with Crippen molar-refractivity contribution in [3.05, 3.63) is 41.5 Å². The van der Waals surface area contributed by atoms with Crippen LogP contribution in [0.25, 0.3) is 10.8 Å². The van der Waals surface area contributed by atoms with Crippen LogP contribution in [0.4, 0.5) is 13.2 Å². The lowest BCUT2D eigenvalue weighted by atomic mass is 9.78. The SMILES string of the molecule is CC.CC1CCC(Oc2ccc3cccc(CN4C5CCCC4CC(C(=O)OC(C)C)C5)c3c2C(F)(F)F)CC1. The first-order valence-electron chi connectivity index (χ1n) is 15.3. The van der Waals surface area contributed by atoms with E-state index in [-0.39, 0.29) is 47.3 Å². The van der Waals surface area contributed by atoms with E-state index in [9.17, 15) is 18.0 Å². The highest BCUT2D eigenvalue weighted by Crippen LogP contribution is 2.45. The summed E-state index contributed by atoms with van der Waals surface area (Å²) in [6, 6.07) is 9.05. The maximum Gasteiger partial charge on any atom is 0.420 e. The molecule has 2 aromatic carbocycles. The molecule has 4 nitrogen and oxygen atoms in total. The fourth-order valence-corrected chi connectivity index (χ4v) is 6.93. The second-order valence-corrected chi connectivity index (χ2v) is 12.0. The van der Waals surface area contributed by atoms with Crippen molar-refractivity contribution >= 4 is 16.7 Å². The van der Waals surface area contributed by atoms with E-state index in [2.05, 4.69) is 11.8 Å². The lowest BCUT2D eigenvalue weighted by Gasteiger charge is -2.48. The van der Waals surface area contributed by atoms with E-state index >= 15 is 0 Å². The number of esters is 1. The number of hydrogen-bond donors (Lipinski definition) is 0. The number of hydrogen-bond acceptors (Lipinski definition) is 4. The van der Waals surface area contributed by atoms with Crippen LogP contribution in [-0.2, 0) is 22.3 Å². The molecule has 2 aliphatic heterocycles. The van der Waals surface area contributed by atoms with Crippen LogP contribution in [0, 0.1) is 11.8 Å². The van der Waals surface area contributed by atoms with Crippen molar-refractivity contribution in [1.82, 2.24) is 4.90 Å². The highest BCUT2D eigenvalue weighted by Gasteiger charge is 2.43. The molecule has 222 valence electrons. The fourth-order valence-electron chi connectivity index (χ4n) is 6.93. The van der Waals surface area contributed by atoms with Crippen LogP contribution in [0.2, 0.25) is 0 Å². The second-order valence-electron chi connectivity index (χ2n) is 12.0. The predicted molar refractivity (Wildman–Crippen MR) is 153 cm³/mol. The second kappa shape index (κ2) is 13.1. The van der Waals surface area contributed by atoms with Crippen molar-refractivity contribution in [1.29, 1.82) is 0 Å². The molecule has 2 atom stereocenters. The number of piperidine rings is 2. The minimum atomic E-state index is -4.53. The van der Waals surface area contributed by atoms with Gasteiger partial charge in [-0.05, 0) is 88.1 Å². The zero-order chi connectivity index (χ0) is 29.0. The van der Waals surface area contributed by atoms with Crippen LogP contribution in [0.3, 0.4) is 0 Å². The smallest absolute Gasteiger partial charge is 0.420 e.